The lowest BCUT2D eigenvalue weighted by molar-refractivity contribution is -0.366. The summed E-state index contributed by atoms with van der Waals surface area (Å²) in [6.07, 6.45) is -21.7. The lowest BCUT2D eigenvalue weighted by Gasteiger charge is -2.46. The molecule has 0 spiro atoms. The minimum absolute atomic E-state index is 0.174. The van der Waals surface area contributed by atoms with Crippen LogP contribution >= 0.6 is 0 Å². The Morgan fingerprint density at radius 1 is 0.525 bits per heavy atom. The van der Waals surface area contributed by atoms with Gasteiger partial charge in [-0.1, -0.05) is 0 Å². The molecule has 0 bridgehead atoms. The van der Waals surface area contributed by atoms with Gasteiger partial charge < -0.3 is 85.2 Å². The third kappa shape index (κ3) is 7.82. The number of unbranched alkanes of at least 4 members (excludes halogenated alkanes) is 2. The van der Waals surface area contributed by atoms with Crippen molar-refractivity contribution in [2.45, 2.75) is 111 Å². The summed E-state index contributed by atoms with van der Waals surface area (Å²) in [5.74, 6) is 0. The molecule has 3 saturated heterocycles. The van der Waals surface area contributed by atoms with Crippen LogP contribution in [0.3, 0.4) is 0 Å². The molecule has 0 radical (unpaired) electrons. The Kier molecular flexibility index (Phi) is 13.3. The predicted octanol–water partition coefficient (Wildman–Crippen LogP) is -6.42. The first kappa shape index (κ1) is 33.8. The number of hydrogen-bond donors (Lipinski definition) is 11. The Morgan fingerprint density at radius 3 is 1.65 bits per heavy atom. The number of hydrogen-bond acceptors (Lipinski definition) is 17. The molecule has 3 aliphatic rings. The molecule has 40 heavy (non-hydrogen) atoms. The third-order valence-electron chi connectivity index (χ3n) is 7.19. The summed E-state index contributed by atoms with van der Waals surface area (Å²) >= 11 is 0. The minimum Gasteiger partial charge on any atom is -0.394 e. The Morgan fingerprint density at radius 2 is 1.05 bits per heavy atom. The van der Waals surface area contributed by atoms with E-state index in [1.165, 1.54) is 0 Å². The molecule has 3 rings (SSSR count). The summed E-state index contributed by atoms with van der Waals surface area (Å²) in [5, 5.41) is 102. The van der Waals surface area contributed by atoms with Gasteiger partial charge in [0.1, 0.15) is 73.2 Å². The molecule has 0 aromatic rings. The molecule has 0 amide bonds. The van der Waals surface area contributed by atoms with Crippen molar-refractivity contribution < 1.29 is 79.5 Å². The van der Waals surface area contributed by atoms with Crippen LogP contribution in [0.1, 0.15) is 19.3 Å². The second-order valence-electron chi connectivity index (χ2n) is 10.1. The van der Waals surface area contributed by atoms with E-state index in [-0.39, 0.29) is 6.61 Å². The van der Waals surface area contributed by atoms with E-state index in [1.807, 2.05) is 0 Å². The van der Waals surface area contributed by atoms with Gasteiger partial charge in [0.05, 0.1) is 19.8 Å². The first-order valence-electron chi connectivity index (χ1n) is 13.3. The van der Waals surface area contributed by atoms with Crippen LogP contribution in [0.15, 0.2) is 0 Å². The van der Waals surface area contributed by atoms with Crippen LogP contribution < -0.4 is 5.73 Å². The molecule has 3 fully saturated rings. The normalized spacial score (nSPS) is 46.4. The Bertz CT molecular complexity index is 737. The maximum atomic E-state index is 10.8. The van der Waals surface area contributed by atoms with Crippen molar-refractivity contribution in [2.24, 2.45) is 5.73 Å². The highest BCUT2D eigenvalue weighted by atomic mass is 16.7. The molecule has 12 N–H and O–H groups in total. The van der Waals surface area contributed by atoms with Gasteiger partial charge in [0.15, 0.2) is 18.9 Å². The lowest BCUT2D eigenvalue weighted by Crippen LogP contribution is -2.65. The van der Waals surface area contributed by atoms with Gasteiger partial charge in [-0.3, -0.25) is 0 Å². The van der Waals surface area contributed by atoms with Gasteiger partial charge in [0, 0.05) is 6.61 Å². The molecule has 17 nitrogen and oxygen atoms in total. The fourth-order valence-electron chi connectivity index (χ4n) is 4.69. The standard InChI is InChI=1S/C23H43NO16/c24-4-2-1-3-5-35-22-19(34)20(14(29)10(7-26)38-22)40-23-18(33)16(31)13(28)11(39-23)8-36-21-17(32)15(30)12(27)9(6-25)37-21/h9-23,25-34H,1-8,24H2/t9-,10-,11-,12-,13-,14-,15+,16+,17+,18+,19+,20+,21+,22+,23-/m1/s1. The van der Waals surface area contributed by atoms with Gasteiger partial charge in [-0.15, -0.1) is 0 Å². The maximum absolute atomic E-state index is 10.8. The van der Waals surface area contributed by atoms with E-state index >= 15 is 0 Å². The van der Waals surface area contributed by atoms with Gasteiger partial charge in [-0.2, -0.15) is 0 Å². The molecular formula is C23H43NO16. The van der Waals surface area contributed by atoms with E-state index in [2.05, 4.69) is 0 Å². The number of aliphatic hydroxyl groups excluding tert-OH is 10. The summed E-state index contributed by atoms with van der Waals surface area (Å²) < 4.78 is 32.8. The van der Waals surface area contributed by atoms with Crippen molar-refractivity contribution in [3.8, 4) is 0 Å². The van der Waals surface area contributed by atoms with Crippen molar-refractivity contribution in [3.63, 3.8) is 0 Å². The molecule has 3 aliphatic heterocycles. The molecule has 0 aliphatic carbocycles. The maximum Gasteiger partial charge on any atom is 0.187 e. The Labute approximate surface area is 230 Å². The molecule has 236 valence electrons. The van der Waals surface area contributed by atoms with Gasteiger partial charge in [-0.05, 0) is 25.8 Å². The highest BCUT2D eigenvalue weighted by Gasteiger charge is 2.51. The number of nitrogens with two attached hydrogens (primary N) is 1. The van der Waals surface area contributed by atoms with E-state index in [0.29, 0.717) is 13.0 Å². The van der Waals surface area contributed by atoms with Gasteiger partial charge in [0.25, 0.3) is 0 Å². The number of ether oxygens (including phenoxy) is 6. The summed E-state index contributed by atoms with van der Waals surface area (Å²) in [7, 11) is 0. The second kappa shape index (κ2) is 15.7. The van der Waals surface area contributed by atoms with Crippen LogP contribution in [-0.4, -0.2) is 176 Å². The molecule has 15 atom stereocenters. The topological polar surface area (TPSA) is 284 Å². The van der Waals surface area contributed by atoms with Crippen LogP contribution in [0.25, 0.3) is 0 Å². The van der Waals surface area contributed by atoms with Crippen molar-refractivity contribution in [1.82, 2.24) is 0 Å². The van der Waals surface area contributed by atoms with Crippen LogP contribution in [0.2, 0.25) is 0 Å². The summed E-state index contributed by atoms with van der Waals surface area (Å²) in [4.78, 5) is 0. The van der Waals surface area contributed by atoms with E-state index in [9.17, 15) is 51.1 Å². The predicted molar refractivity (Wildman–Crippen MR) is 128 cm³/mol. The lowest BCUT2D eigenvalue weighted by atomic mass is 9.97. The monoisotopic (exact) mass is 589 g/mol. The first-order valence-corrected chi connectivity index (χ1v) is 13.3. The molecular weight excluding hydrogens is 546 g/mol. The summed E-state index contributed by atoms with van der Waals surface area (Å²) in [6.45, 7) is -1.27. The highest BCUT2D eigenvalue weighted by molar-refractivity contribution is 4.95. The SMILES string of the molecule is NCCCCCO[C@H]1O[C@H](CO)[C@@H](O)[C@H](O[C@H]2O[C@H](CO[C@H]3O[C@H](CO)[C@@H](O)[C@H](O)[C@@H]3O)[C@@H](O)[C@H](O)[C@@H]2O)[C@@H]1O. The van der Waals surface area contributed by atoms with Crippen LogP contribution in [0, 0.1) is 0 Å². The van der Waals surface area contributed by atoms with Crippen molar-refractivity contribution in [2.75, 3.05) is 33.0 Å². The van der Waals surface area contributed by atoms with E-state index in [0.717, 1.165) is 12.8 Å². The van der Waals surface area contributed by atoms with E-state index in [1.54, 1.807) is 0 Å². The summed E-state index contributed by atoms with van der Waals surface area (Å²) in [6, 6.07) is 0. The second-order valence-corrected chi connectivity index (χ2v) is 10.1. The zero-order valence-corrected chi connectivity index (χ0v) is 21.8. The Hall–Kier alpha value is -0.680. The Balaban J connectivity index is 1.65. The van der Waals surface area contributed by atoms with Gasteiger partial charge >= 0.3 is 0 Å². The molecule has 0 saturated carbocycles. The van der Waals surface area contributed by atoms with Crippen molar-refractivity contribution in [3.05, 3.63) is 0 Å². The molecule has 0 aromatic heterocycles. The zero-order valence-electron chi connectivity index (χ0n) is 21.8. The van der Waals surface area contributed by atoms with E-state index in [4.69, 9.17) is 34.2 Å². The number of rotatable bonds is 13. The fourth-order valence-corrected chi connectivity index (χ4v) is 4.69. The minimum atomic E-state index is -1.86. The highest BCUT2D eigenvalue weighted by Crippen LogP contribution is 2.30. The van der Waals surface area contributed by atoms with Crippen molar-refractivity contribution in [1.29, 1.82) is 0 Å². The quantitative estimate of drug-likeness (QED) is 0.0890. The van der Waals surface area contributed by atoms with Crippen molar-refractivity contribution >= 4 is 0 Å². The molecule has 3 heterocycles. The average molecular weight is 590 g/mol. The van der Waals surface area contributed by atoms with E-state index < -0.39 is 112 Å². The largest absolute Gasteiger partial charge is 0.394 e. The summed E-state index contributed by atoms with van der Waals surface area (Å²) in [5.41, 5.74) is 5.46. The van der Waals surface area contributed by atoms with Crippen LogP contribution in [0.5, 0.6) is 0 Å². The third-order valence-corrected chi connectivity index (χ3v) is 7.19. The fraction of sp³-hybridized carbons (Fsp3) is 1.00. The van der Waals surface area contributed by atoms with Gasteiger partial charge in [0.2, 0.25) is 0 Å². The number of aliphatic hydroxyl groups is 10. The average Bonchev–Trinajstić information content (AvgIpc) is 2.95. The molecule has 0 aromatic carbocycles. The smallest absolute Gasteiger partial charge is 0.187 e. The first-order chi connectivity index (χ1) is 19.0. The van der Waals surface area contributed by atoms with Crippen LogP contribution in [-0.2, 0) is 28.4 Å². The molecule has 17 heteroatoms. The zero-order chi connectivity index (χ0) is 29.6. The molecule has 0 unspecified atom stereocenters. The van der Waals surface area contributed by atoms with Crippen LogP contribution in [0.4, 0.5) is 0 Å². The van der Waals surface area contributed by atoms with Gasteiger partial charge in [-0.25, -0.2) is 0 Å².